The van der Waals surface area contributed by atoms with E-state index in [0.717, 1.165) is 24.2 Å². The van der Waals surface area contributed by atoms with Crippen LogP contribution in [0.3, 0.4) is 0 Å². The van der Waals surface area contributed by atoms with E-state index in [0.29, 0.717) is 0 Å². The first kappa shape index (κ1) is 25.5. The van der Waals surface area contributed by atoms with Gasteiger partial charge in [-0.2, -0.15) is 0 Å². The molecule has 0 bridgehead atoms. The fraction of sp³-hybridized carbons (Fsp3) is 0.256. The standard InChI is InChI=1S/C39H37N3/c1-38(2)31-18-12-11-17-27(31)29-22-30-28-20-19-26(21-32(28)39(3,4)34(30)23-33(29)38)37-41-35(24-13-7-5-8-14-24)40-36(42-37)25-15-9-6-10-16-25/h5-18,21-23,35,37,41H,19-20H2,1-4H3,(H,40,42). The van der Waals surface area contributed by atoms with Gasteiger partial charge in [-0.3, -0.25) is 5.32 Å². The van der Waals surface area contributed by atoms with E-state index < -0.39 is 0 Å². The Morgan fingerprint density at radius 1 is 0.667 bits per heavy atom. The predicted molar refractivity (Wildman–Crippen MR) is 173 cm³/mol. The van der Waals surface area contributed by atoms with Crippen molar-refractivity contribution < 1.29 is 0 Å². The van der Waals surface area contributed by atoms with Crippen molar-refractivity contribution in [2.24, 2.45) is 4.99 Å². The van der Waals surface area contributed by atoms with Crippen molar-refractivity contribution >= 4 is 11.4 Å². The first-order chi connectivity index (χ1) is 20.3. The van der Waals surface area contributed by atoms with E-state index in [1.807, 2.05) is 0 Å². The van der Waals surface area contributed by atoms with Crippen LogP contribution >= 0.6 is 0 Å². The highest BCUT2D eigenvalue weighted by Gasteiger charge is 2.43. The van der Waals surface area contributed by atoms with Crippen LogP contribution < -0.4 is 10.6 Å². The van der Waals surface area contributed by atoms with Crippen LogP contribution in [0, 0.1) is 0 Å². The average molecular weight is 548 g/mol. The van der Waals surface area contributed by atoms with Crippen molar-refractivity contribution in [1.82, 2.24) is 10.6 Å². The molecular formula is C39H37N3. The molecule has 2 atom stereocenters. The van der Waals surface area contributed by atoms with Gasteiger partial charge < -0.3 is 5.32 Å². The van der Waals surface area contributed by atoms with E-state index in [2.05, 4.69) is 141 Å². The molecule has 4 aliphatic rings. The minimum Gasteiger partial charge on any atom is -0.350 e. The lowest BCUT2D eigenvalue weighted by atomic mass is 9.76. The van der Waals surface area contributed by atoms with Gasteiger partial charge in [-0.25, -0.2) is 4.99 Å². The molecule has 3 aliphatic carbocycles. The molecule has 42 heavy (non-hydrogen) atoms. The largest absolute Gasteiger partial charge is 0.350 e. The molecule has 1 heterocycles. The zero-order chi connectivity index (χ0) is 28.6. The highest BCUT2D eigenvalue weighted by atomic mass is 15.3. The minimum atomic E-state index is -0.0870. The van der Waals surface area contributed by atoms with Crippen LogP contribution in [0.25, 0.3) is 16.7 Å². The van der Waals surface area contributed by atoms with Crippen LogP contribution in [-0.2, 0) is 10.8 Å². The van der Waals surface area contributed by atoms with Crippen molar-refractivity contribution in [2.75, 3.05) is 0 Å². The fourth-order valence-electron chi connectivity index (χ4n) is 7.77. The summed E-state index contributed by atoms with van der Waals surface area (Å²) in [6.07, 6.45) is 4.42. The number of aliphatic imine (C=N–C) groups is 1. The minimum absolute atomic E-state index is 0.00908. The Morgan fingerprint density at radius 2 is 1.36 bits per heavy atom. The lowest BCUT2D eigenvalue weighted by Gasteiger charge is -2.35. The maximum Gasteiger partial charge on any atom is 0.131 e. The number of nitrogens with one attached hydrogen (secondary N) is 2. The van der Waals surface area contributed by atoms with Gasteiger partial charge in [0, 0.05) is 16.4 Å². The van der Waals surface area contributed by atoms with Gasteiger partial charge >= 0.3 is 0 Å². The molecule has 4 aromatic rings. The van der Waals surface area contributed by atoms with Crippen LogP contribution in [0.4, 0.5) is 0 Å². The molecule has 0 aromatic heterocycles. The fourth-order valence-corrected chi connectivity index (χ4v) is 7.77. The number of hydrogen-bond donors (Lipinski definition) is 2. The van der Waals surface area contributed by atoms with Crippen LogP contribution in [-0.4, -0.2) is 12.0 Å². The number of rotatable bonds is 3. The van der Waals surface area contributed by atoms with Gasteiger partial charge in [-0.1, -0.05) is 125 Å². The smallest absolute Gasteiger partial charge is 0.131 e. The van der Waals surface area contributed by atoms with E-state index in [9.17, 15) is 0 Å². The normalized spacial score (nSPS) is 22.8. The maximum absolute atomic E-state index is 5.26. The number of benzene rings is 4. The second-order valence-corrected chi connectivity index (χ2v) is 13.3. The summed E-state index contributed by atoms with van der Waals surface area (Å²) in [4.78, 5) is 5.26. The molecule has 0 saturated carbocycles. The molecule has 3 nitrogen and oxygen atoms in total. The number of fused-ring (bicyclic) bond motifs is 5. The summed E-state index contributed by atoms with van der Waals surface area (Å²) < 4.78 is 0. The summed E-state index contributed by atoms with van der Waals surface area (Å²) in [5.41, 5.74) is 15.3. The summed E-state index contributed by atoms with van der Waals surface area (Å²) in [6, 6.07) is 35.2. The van der Waals surface area contributed by atoms with Gasteiger partial charge in [0.1, 0.15) is 18.2 Å². The number of amidine groups is 1. The topological polar surface area (TPSA) is 36.4 Å². The third-order valence-electron chi connectivity index (χ3n) is 10.1. The molecule has 0 fully saturated rings. The summed E-state index contributed by atoms with van der Waals surface area (Å²) >= 11 is 0. The average Bonchev–Trinajstić information content (AvgIpc) is 3.40. The molecule has 8 rings (SSSR count). The third kappa shape index (κ3) is 3.73. The molecule has 1 aliphatic heterocycles. The molecule has 2 unspecified atom stereocenters. The van der Waals surface area contributed by atoms with E-state index in [-0.39, 0.29) is 23.2 Å². The van der Waals surface area contributed by atoms with Gasteiger partial charge in [-0.05, 0) is 74.6 Å². The molecular weight excluding hydrogens is 510 g/mol. The molecule has 0 saturated heterocycles. The number of allylic oxidation sites excluding steroid dienone is 3. The van der Waals surface area contributed by atoms with Gasteiger partial charge in [0.05, 0.1) is 0 Å². The molecule has 208 valence electrons. The molecule has 2 N–H and O–H groups in total. The van der Waals surface area contributed by atoms with Crippen molar-refractivity contribution in [1.29, 1.82) is 0 Å². The number of hydrogen-bond acceptors (Lipinski definition) is 3. The van der Waals surface area contributed by atoms with Crippen molar-refractivity contribution in [3.05, 3.63) is 148 Å². The molecule has 4 aromatic carbocycles. The molecule has 0 radical (unpaired) electrons. The Balaban J connectivity index is 1.21. The Bertz CT molecular complexity index is 1820. The van der Waals surface area contributed by atoms with Crippen LogP contribution in [0.1, 0.15) is 80.1 Å². The number of nitrogens with zero attached hydrogens (tertiary/aromatic N) is 1. The van der Waals surface area contributed by atoms with Crippen molar-refractivity contribution in [3.63, 3.8) is 0 Å². The van der Waals surface area contributed by atoms with Crippen LogP contribution in [0.15, 0.2) is 119 Å². The lowest BCUT2D eigenvalue weighted by molar-refractivity contribution is 0.424. The first-order valence-electron chi connectivity index (χ1n) is 15.3. The van der Waals surface area contributed by atoms with Crippen LogP contribution in [0.5, 0.6) is 0 Å². The highest BCUT2D eigenvalue weighted by molar-refractivity contribution is 5.99. The predicted octanol–water partition coefficient (Wildman–Crippen LogP) is 8.42. The monoisotopic (exact) mass is 547 g/mol. The van der Waals surface area contributed by atoms with E-state index >= 15 is 0 Å². The second-order valence-electron chi connectivity index (χ2n) is 13.3. The third-order valence-corrected chi connectivity index (χ3v) is 10.1. The van der Waals surface area contributed by atoms with Gasteiger partial charge in [0.2, 0.25) is 0 Å². The summed E-state index contributed by atoms with van der Waals surface area (Å²) in [5, 5.41) is 7.51. The van der Waals surface area contributed by atoms with Crippen molar-refractivity contribution in [3.8, 4) is 11.1 Å². The van der Waals surface area contributed by atoms with Gasteiger partial charge in [0.25, 0.3) is 0 Å². The summed E-state index contributed by atoms with van der Waals surface area (Å²) in [6.45, 7) is 9.59. The Hall–Kier alpha value is -4.21. The Morgan fingerprint density at radius 3 is 2.14 bits per heavy atom. The van der Waals surface area contributed by atoms with Gasteiger partial charge in [0.15, 0.2) is 0 Å². The second kappa shape index (κ2) is 9.14. The zero-order valence-corrected chi connectivity index (χ0v) is 24.8. The maximum atomic E-state index is 5.26. The van der Waals surface area contributed by atoms with E-state index in [1.54, 1.807) is 0 Å². The lowest BCUT2D eigenvalue weighted by Crippen LogP contribution is -2.49. The summed E-state index contributed by atoms with van der Waals surface area (Å²) in [5.74, 6) is 0.945. The summed E-state index contributed by atoms with van der Waals surface area (Å²) in [7, 11) is 0. The van der Waals surface area contributed by atoms with Crippen LogP contribution in [0.2, 0.25) is 0 Å². The molecule has 0 spiro atoms. The van der Waals surface area contributed by atoms with Crippen molar-refractivity contribution in [2.45, 2.75) is 63.7 Å². The SMILES string of the molecule is CC1(C)C2=C(CCC(C3N=C(c4ccccc4)NC(c4ccccc4)N3)=C2)c2cc3c(cc21)C(C)(C)c1ccccc1-3. The zero-order valence-electron chi connectivity index (χ0n) is 24.8. The van der Waals surface area contributed by atoms with Gasteiger partial charge in [-0.15, -0.1) is 0 Å². The quantitative estimate of drug-likeness (QED) is 0.270. The Labute approximate surface area is 249 Å². The highest BCUT2D eigenvalue weighted by Crippen LogP contribution is 2.56. The first-order valence-corrected chi connectivity index (χ1v) is 15.3. The molecule has 3 heteroatoms. The Kier molecular flexibility index (Phi) is 5.55. The van der Waals surface area contributed by atoms with E-state index in [1.165, 1.54) is 55.7 Å². The molecule has 0 amide bonds. The van der Waals surface area contributed by atoms with E-state index in [4.69, 9.17) is 4.99 Å².